The second-order valence-corrected chi connectivity index (χ2v) is 39.0. The molecule has 6 aliphatic rings. The van der Waals surface area contributed by atoms with Crippen molar-refractivity contribution >= 4 is 50.1 Å². The maximum absolute atomic E-state index is 12.0. The number of Topliss-reactive ketones (excluding diaryl/α,β-unsaturated/α-hetero) is 1. The van der Waals surface area contributed by atoms with Gasteiger partial charge in [0.2, 0.25) is 0 Å². The standard InChI is InChI=1S/C28H39N7OSi.C21H28N6OSi.C12H19NO3.CH4/c1-37(2,3)11-10-36-20-33-9-6-25-26(30-19-31-27(25)33)23-15-32-35(16-23)28(7-8-29)17-34(18-28)24-13-21-4-5-22(12-21)14-24;1-29(2,3)12-11-28-16-26-10-5-18-19(23-15-24-20(18)26)17-13-25-27(14-17)21(8-9-22)6-4-7-21;1-12(2,3)16-11(15)13-8-4-5-9(13)7-10(14)6-8;/h6,9,15-16,19,21-22,24H,4-5,7,10-14,17-18,20H2,1-3H3;5,10,13-15H,4,6-8,11-12,16H2,1-3H3;8-9H,4-7H2,1-3H3;1H4. The van der Waals surface area contributed by atoms with E-state index in [1.54, 1.807) is 17.6 Å². The lowest BCUT2D eigenvalue weighted by molar-refractivity contribution is -0.123. The Morgan fingerprint density at radius 2 is 1.17 bits per heavy atom. The highest BCUT2D eigenvalue weighted by molar-refractivity contribution is 6.76. The SMILES string of the molecule is C.CC(C)(C)OC(=O)N1C2CCC1CC(=O)C2.C[Si](C)(C)CCOCn1ccc2c(-c3cnn(C4(CC#N)CCC4)c3)ncnc21.C[Si](C)(C)CCOCn1ccc2c(-c3cnn(C4(CC#N)CN(C5CC6CCC(C6)C5)C4)c3)ncnc21. The molecule has 3 saturated carbocycles. The lowest BCUT2D eigenvalue weighted by atomic mass is 9.75. The molecule has 0 aromatic carbocycles. The minimum absolute atomic E-state index is 0. The number of carbonyl (C=O) groups is 2. The molecule has 9 heterocycles. The molecule has 6 aromatic heterocycles. The number of nitrogens with zero attached hydrogens (tertiary/aromatic N) is 14. The Kier molecular flexibility index (Phi) is 18.7. The molecule has 4 atom stereocenters. The lowest BCUT2D eigenvalue weighted by Gasteiger charge is -2.53. The van der Waals surface area contributed by atoms with Crippen LogP contribution in [-0.4, -0.2) is 136 Å². The Balaban J connectivity index is 0.000000160. The van der Waals surface area contributed by atoms with Crippen LogP contribution in [0.2, 0.25) is 51.4 Å². The van der Waals surface area contributed by atoms with Crippen molar-refractivity contribution in [2.45, 2.75) is 218 Å². The van der Waals surface area contributed by atoms with Crippen molar-refractivity contribution in [3.05, 3.63) is 62.0 Å². The summed E-state index contributed by atoms with van der Waals surface area (Å²) >= 11 is 0. The van der Waals surface area contributed by atoms with Gasteiger partial charge in [-0.05, 0) is 108 Å². The fourth-order valence-electron chi connectivity index (χ4n) is 13.2. The van der Waals surface area contributed by atoms with E-state index in [4.69, 9.17) is 19.3 Å². The zero-order valence-corrected chi connectivity index (χ0v) is 52.0. The van der Waals surface area contributed by atoms with Crippen LogP contribution in [0.5, 0.6) is 0 Å². The molecule has 12 rings (SSSR count). The summed E-state index contributed by atoms with van der Waals surface area (Å²) in [7, 11) is -2.21. The predicted octanol–water partition coefficient (Wildman–Crippen LogP) is 12.3. The Morgan fingerprint density at radius 3 is 1.61 bits per heavy atom. The summed E-state index contributed by atoms with van der Waals surface area (Å²) in [5.41, 5.74) is 4.57. The van der Waals surface area contributed by atoms with Crippen LogP contribution >= 0.6 is 0 Å². The number of rotatable bonds is 17. The lowest BCUT2D eigenvalue weighted by Crippen LogP contribution is -2.65. The van der Waals surface area contributed by atoms with E-state index < -0.39 is 21.7 Å². The highest BCUT2D eigenvalue weighted by atomic mass is 28.3. The highest BCUT2D eigenvalue weighted by Gasteiger charge is 2.50. The van der Waals surface area contributed by atoms with Crippen LogP contribution in [0.3, 0.4) is 0 Å². The van der Waals surface area contributed by atoms with E-state index >= 15 is 0 Å². The number of carbonyl (C=O) groups excluding carboxylic acids is 2. The molecule has 83 heavy (non-hydrogen) atoms. The molecule has 6 fully saturated rings. The van der Waals surface area contributed by atoms with E-state index in [-0.39, 0.29) is 42.5 Å². The number of ether oxygens (including phenoxy) is 3. The summed E-state index contributed by atoms with van der Waals surface area (Å²) in [6, 6.07) is 12.0. The summed E-state index contributed by atoms with van der Waals surface area (Å²) in [6.07, 6.45) is 28.8. The van der Waals surface area contributed by atoms with Gasteiger partial charge in [0.25, 0.3) is 0 Å². The monoisotopic (exact) mass is 1170 g/mol. The van der Waals surface area contributed by atoms with Crippen molar-refractivity contribution in [3.8, 4) is 34.7 Å². The average molecular weight is 1170 g/mol. The van der Waals surface area contributed by atoms with E-state index in [1.165, 1.54) is 32.1 Å². The fourth-order valence-corrected chi connectivity index (χ4v) is 14.7. The summed E-state index contributed by atoms with van der Waals surface area (Å²) < 4.78 is 25.3. The number of fused-ring (bicyclic) bond motifs is 6. The van der Waals surface area contributed by atoms with Crippen LogP contribution in [0.1, 0.15) is 118 Å². The van der Waals surface area contributed by atoms with E-state index in [0.717, 1.165) is 127 Å². The van der Waals surface area contributed by atoms with Crippen LogP contribution < -0.4 is 0 Å². The molecule has 1 amide bonds. The zero-order chi connectivity index (χ0) is 58.0. The van der Waals surface area contributed by atoms with Gasteiger partial charge in [0.15, 0.2) is 0 Å². The quantitative estimate of drug-likeness (QED) is 0.0614. The minimum atomic E-state index is -1.11. The van der Waals surface area contributed by atoms with E-state index in [0.29, 0.717) is 45.2 Å². The van der Waals surface area contributed by atoms with Gasteiger partial charge >= 0.3 is 6.09 Å². The minimum Gasteiger partial charge on any atom is -0.444 e. The third-order valence-corrected chi connectivity index (χ3v) is 21.3. The Morgan fingerprint density at radius 1 is 0.687 bits per heavy atom. The van der Waals surface area contributed by atoms with Gasteiger partial charge < -0.3 is 28.2 Å². The number of amides is 1. The second kappa shape index (κ2) is 25.2. The van der Waals surface area contributed by atoms with Gasteiger partial charge in [-0.25, -0.2) is 24.7 Å². The Bertz CT molecular complexity index is 3260. The number of hydrogen-bond donors (Lipinski definition) is 0. The molecule has 446 valence electrons. The van der Waals surface area contributed by atoms with Crippen molar-refractivity contribution in [2.24, 2.45) is 11.8 Å². The van der Waals surface area contributed by atoms with Gasteiger partial charge in [-0.1, -0.05) is 59.6 Å². The first kappa shape index (κ1) is 61.5. The molecule has 6 aromatic rings. The Hall–Kier alpha value is -6.11. The average Bonchev–Trinajstić information content (AvgIpc) is 2.53. The maximum Gasteiger partial charge on any atom is 0.410 e. The van der Waals surface area contributed by atoms with Crippen molar-refractivity contribution in [2.75, 3.05) is 26.3 Å². The smallest absolute Gasteiger partial charge is 0.410 e. The summed E-state index contributed by atoms with van der Waals surface area (Å²) in [5.74, 6) is 2.13. The largest absolute Gasteiger partial charge is 0.444 e. The van der Waals surface area contributed by atoms with Gasteiger partial charge in [0, 0.05) is 120 Å². The van der Waals surface area contributed by atoms with Crippen molar-refractivity contribution in [1.29, 1.82) is 10.5 Å². The fraction of sp³-hybridized carbons (Fsp3) is 0.645. The van der Waals surface area contributed by atoms with E-state index in [1.807, 2.05) is 76.3 Å². The zero-order valence-electron chi connectivity index (χ0n) is 50.0. The number of likely N-dealkylation sites (tertiary alicyclic amines) is 1. The molecule has 19 nitrogen and oxygen atoms in total. The van der Waals surface area contributed by atoms with Gasteiger partial charge in [-0.15, -0.1) is 0 Å². The second-order valence-electron chi connectivity index (χ2n) is 27.8. The number of ketones is 1. The number of piperidine rings is 1. The van der Waals surface area contributed by atoms with Crippen molar-refractivity contribution in [3.63, 3.8) is 0 Å². The molecule has 0 spiro atoms. The molecule has 4 bridgehead atoms. The molecule has 3 aliphatic carbocycles. The molecule has 4 unspecified atom stereocenters. The first-order valence-corrected chi connectivity index (χ1v) is 37.4. The van der Waals surface area contributed by atoms with Crippen LogP contribution in [0.4, 0.5) is 4.79 Å². The van der Waals surface area contributed by atoms with Gasteiger partial charge in [-0.2, -0.15) is 20.7 Å². The van der Waals surface area contributed by atoms with E-state index in [9.17, 15) is 20.1 Å². The maximum atomic E-state index is 12.0. The van der Waals surface area contributed by atoms with Crippen LogP contribution in [0.25, 0.3) is 44.6 Å². The van der Waals surface area contributed by atoms with Gasteiger partial charge in [0.05, 0.1) is 54.3 Å². The molecular formula is C62H90N14O5Si2. The van der Waals surface area contributed by atoms with Gasteiger partial charge in [0.1, 0.15) is 54.3 Å². The summed E-state index contributed by atoms with van der Waals surface area (Å²) in [6.45, 7) is 24.1. The number of aromatic nitrogens is 10. The number of nitriles is 2. The van der Waals surface area contributed by atoms with Crippen molar-refractivity contribution < 1.29 is 23.8 Å². The first-order chi connectivity index (χ1) is 39.1. The Labute approximate surface area is 493 Å². The van der Waals surface area contributed by atoms with Crippen LogP contribution in [-0.2, 0) is 43.5 Å². The van der Waals surface area contributed by atoms with Gasteiger partial charge in [-0.3, -0.25) is 19.1 Å². The molecule has 3 saturated heterocycles. The highest BCUT2D eigenvalue weighted by Crippen LogP contribution is 2.47. The topological polar surface area (TPSA) is 213 Å². The van der Waals surface area contributed by atoms with E-state index in [2.05, 4.69) is 93.6 Å². The summed E-state index contributed by atoms with van der Waals surface area (Å²) in [4.78, 5) is 46.0. The third kappa shape index (κ3) is 14.2. The first-order valence-electron chi connectivity index (χ1n) is 30.0. The third-order valence-electron chi connectivity index (χ3n) is 17.9. The summed E-state index contributed by atoms with van der Waals surface area (Å²) in [5, 5.41) is 30.2. The number of hydrogen-bond acceptors (Lipinski definition) is 14. The molecule has 3 aliphatic heterocycles. The van der Waals surface area contributed by atoms with Crippen LogP contribution in [0, 0.1) is 34.5 Å². The molecular weight excluding hydrogens is 1080 g/mol. The van der Waals surface area contributed by atoms with Crippen molar-refractivity contribution in [1.82, 2.24) is 58.4 Å². The molecule has 0 radical (unpaired) electrons. The normalized spacial score (nSPS) is 22.5. The predicted molar refractivity (Wildman–Crippen MR) is 327 cm³/mol. The van der Waals surface area contributed by atoms with Crippen LogP contribution in [0.15, 0.2) is 62.0 Å². The molecule has 21 heteroatoms. The molecule has 0 N–H and O–H groups in total.